The van der Waals surface area contributed by atoms with Crippen LogP contribution in [0.15, 0.2) is 48.5 Å². The first kappa shape index (κ1) is 17.5. The molecule has 1 N–H and O–H groups in total. The van der Waals surface area contributed by atoms with Gasteiger partial charge in [-0.2, -0.15) is 0 Å². The highest BCUT2D eigenvalue weighted by molar-refractivity contribution is 5.89. The molecule has 24 heavy (non-hydrogen) atoms. The van der Waals surface area contributed by atoms with Crippen LogP contribution >= 0.6 is 0 Å². The van der Waals surface area contributed by atoms with E-state index in [2.05, 4.69) is 17.1 Å². The average molecular weight is 326 g/mol. The monoisotopic (exact) mass is 326 g/mol. The molecule has 1 amide bonds. The normalized spacial score (nSPS) is 10.1. The summed E-state index contributed by atoms with van der Waals surface area (Å²) >= 11 is 0. The molecule has 0 aromatic heterocycles. The maximum absolute atomic E-state index is 11.5. The summed E-state index contributed by atoms with van der Waals surface area (Å²) in [5.74, 6) is -0.425. The lowest BCUT2D eigenvalue weighted by Crippen LogP contribution is -2.22. The van der Waals surface area contributed by atoms with E-state index in [-0.39, 0.29) is 11.9 Å². The molecule has 2 rings (SSSR count). The third-order valence-corrected chi connectivity index (χ3v) is 3.66. The van der Waals surface area contributed by atoms with Gasteiger partial charge >= 0.3 is 5.97 Å². The number of benzene rings is 2. The van der Waals surface area contributed by atoms with Crippen molar-refractivity contribution in [1.82, 2.24) is 0 Å². The molecule has 0 aliphatic carbocycles. The molecular formula is C19H22N2O3. The summed E-state index contributed by atoms with van der Waals surface area (Å²) in [7, 11) is 1.37. The van der Waals surface area contributed by atoms with Gasteiger partial charge in [0.05, 0.1) is 12.7 Å². The van der Waals surface area contributed by atoms with Crippen molar-refractivity contribution in [3.05, 3.63) is 59.7 Å². The van der Waals surface area contributed by atoms with Crippen LogP contribution < -0.4 is 10.2 Å². The van der Waals surface area contributed by atoms with Crippen LogP contribution in [0.1, 0.15) is 29.8 Å². The third kappa shape index (κ3) is 4.59. The van der Waals surface area contributed by atoms with Gasteiger partial charge in [0, 0.05) is 31.4 Å². The number of carbonyl (C=O) groups excluding carboxylic acids is 2. The molecule has 0 saturated heterocycles. The van der Waals surface area contributed by atoms with Gasteiger partial charge in [0.25, 0.3) is 0 Å². The number of carbonyl (C=O) groups is 2. The summed E-state index contributed by atoms with van der Waals surface area (Å²) in [6, 6.07) is 15.1. The Morgan fingerprint density at radius 3 is 2.42 bits per heavy atom. The van der Waals surface area contributed by atoms with Crippen LogP contribution in [0.5, 0.6) is 0 Å². The fourth-order valence-corrected chi connectivity index (χ4v) is 2.45. The van der Waals surface area contributed by atoms with Gasteiger partial charge in [-0.25, -0.2) is 4.79 Å². The van der Waals surface area contributed by atoms with Gasteiger partial charge in [-0.3, -0.25) is 4.79 Å². The number of rotatable bonds is 6. The van der Waals surface area contributed by atoms with Crippen LogP contribution in [0.25, 0.3) is 0 Å². The number of nitrogens with zero attached hydrogens (tertiary/aromatic N) is 1. The third-order valence-electron chi connectivity index (χ3n) is 3.66. The van der Waals surface area contributed by atoms with Crippen LogP contribution in [0.4, 0.5) is 11.4 Å². The zero-order valence-corrected chi connectivity index (χ0v) is 14.2. The predicted molar refractivity (Wildman–Crippen MR) is 95.3 cm³/mol. The number of hydrogen-bond donors (Lipinski definition) is 1. The largest absolute Gasteiger partial charge is 0.465 e. The first-order chi connectivity index (χ1) is 11.5. The highest BCUT2D eigenvalue weighted by Gasteiger charge is 2.09. The van der Waals surface area contributed by atoms with Crippen molar-refractivity contribution in [1.29, 1.82) is 0 Å². The van der Waals surface area contributed by atoms with Gasteiger partial charge in [0.15, 0.2) is 0 Å². The van der Waals surface area contributed by atoms with E-state index in [4.69, 9.17) is 4.74 Å². The topological polar surface area (TPSA) is 58.6 Å². The number of esters is 1. The van der Waals surface area contributed by atoms with E-state index in [0.717, 1.165) is 23.5 Å². The van der Waals surface area contributed by atoms with Gasteiger partial charge < -0.3 is 15.0 Å². The number of hydrogen-bond acceptors (Lipinski definition) is 4. The van der Waals surface area contributed by atoms with Gasteiger partial charge in [0.1, 0.15) is 0 Å². The lowest BCUT2D eigenvalue weighted by Gasteiger charge is -2.24. The fourth-order valence-electron chi connectivity index (χ4n) is 2.45. The molecule has 0 aliphatic heterocycles. The Balaban J connectivity index is 2.14. The molecule has 2 aromatic rings. The molecule has 0 atom stereocenters. The Hall–Kier alpha value is -2.82. The Morgan fingerprint density at radius 1 is 1.12 bits per heavy atom. The smallest absolute Gasteiger partial charge is 0.337 e. The second kappa shape index (κ2) is 8.15. The lowest BCUT2D eigenvalue weighted by molar-refractivity contribution is -0.114. The highest BCUT2D eigenvalue weighted by atomic mass is 16.5. The van der Waals surface area contributed by atoms with E-state index in [0.29, 0.717) is 12.1 Å². The first-order valence-electron chi connectivity index (χ1n) is 7.83. The van der Waals surface area contributed by atoms with Crippen molar-refractivity contribution in [2.24, 2.45) is 0 Å². The number of amides is 1. The maximum atomic E-state index is 11.5. The van der Waals surface area contributed by atoms with Crippen molar-refractivity contribution in [3.63, 3.8) is 0 Å². The van der Waals surface area contributed by atoms with Gasteiger partial charge in [-0.15, -0.1) is 0 Å². The standard InChI is InChI=1S/C19H22N2O3/c1-4-21(18-7-5-6-17(12-18)20-14(2)22)13-15-8-10-16(11-9-15)19(23)24-3/h5-12H,4,13H2,1-3H3,(H,20,22). The molecule has 0 aliphatic rings. The second-order valence-corrected chi connectivity index (χ2v) is 5.43. The molecule has 0 spiro atoms. The molecular weight excluding hydrogens is 304 g/mol. The number of ether oxygens (including phenoxy) is 1. The van der Waals surface area contributed by atoms with Crippen molar-refractivity contribution in [2.45, 2.75) is 20.4 Å². The van der Waals surface area contributed by atoms with Gasteiger partial charge in [-0.1, -0.05) is 18.2 Å². The van der Waals surface area contributed by atoms with E-state index < -0.39 is 0 Å². The van der Waals surface area contributed by atoms with Crippen LogP contribution in [0.2, 0.25) is 0 Å². The van der Waals surface area contributed by atoms with Crippen molar-refractivity contribution in [2.75, 3.05) is 23.9 Å². The summed E-state index contributed by atoms with van der Waals surface area (Å²) in [5.41, 5.74) is 3.44. The van der Waals surface area contributed by atoms with Crippen molar-refractivity contribution >= 4 is 23.3 Å². The van der Waals surface area contributed by atoms with Crippen LogP contribution in [-0.4, -0.2) is 25.5 Å². The minimum Gasteiger partial charge on any atom is -0.465 e. The highest BCUT2D eigenvalue weighted by Crippen LogP contribution is 2.21. The van der Waals surface area contributed by atoms with Crippen LogP contribution in [-0.2, 0) is 16.1 Å². The van der Waals surface area contributed by atoms with Crippen LogP contribution in [0.3, 0.4) is 0 Å². The number of nitrogens with one attached hydrogen (secondary N) is 1. The molecule has 0 bridgehead atoms. The zero-order chi connectivity index (χ0) is 17.5. The van der Waals surface area contributed by atoms with E-state index in [9.17, 15) is 9.59 Å². The minimum atomic E-state index is -0.336. The molecule has 0 radical (unpaired) electrons. The molecule has 0 saturated carbocycles. The molecule has 5 heteroatoms. The van der Waals surface area contributed by atoms with Crippen molar-refractivity contribution < 1.29 is 14.3 Å². The first-order valence-corrected chi connectivity index (χ1v) is 7.83. The maximum Gasteiger partial charge on any atom is 0.337 e. The Kier molecular flexibility index (Phi) is 5.95. The summed E-state index contributed by atoms with van der Waals surface area (Å²) in [6.45, 7) is 5.10. The number of methoxy groups -OCH3 is 1. The van der Waals surface area contributed by atoms with Gasteiger partial charge in [0.2, 0.25) is 5.91 Å². The Bertz CT molecular complexity index is 711. The zero-order valence-electron chi connectivity index (χ0n) is 14.2. The molecule has 2 aromatic carbocycles. The van der Waals surface area contributed by atoms with E-state index in [1.807, 2.05) is 36.4 Å². The van der Waals surface area contributed by atoms with Crippen molar-refractivity contribution in [3.8, 4) is 0 Å². The minimum absolute atomic E-state index is 0.0893. The van der Waals surface area contributed by atoms with Gasteiger partial charge in [-0.05, 0) is 42.8 Å². The molecule has 0 unspecified atom stereocenters. The second-order valence-electron chi connectivity index (χ2n) is 5.43. The summed E-state index contributed by atoms with van der Waals surface area (Å²) in [5, 5.41) is 2.80. The molecule has 0 fully saturated rings. The van der Waals surface area contributed by atoms with E-state index >= 15 is 0 Å². The average Bonchev–Trinajstić information content (AvgIpc) is 2.59. The molecule has 126 valence electrons. The quantitative estimate of drug-likeness (QED) is 0.826. The Labute approximate surface area is 142 Å². The Morgan fingerprint density at radius 2 is 1.83 bits per heavy atom. The summed E-state index contributed by atoms with van der Waals surface area (Å²) in [4.78, 5) is 24.9. The number of anilines is 2. The van der Waals surface area contributed by atoms with E-state index in [1.165, 1.54) is 14.0 Å². The summed E-state index contributed by atoms with van der Waals surface area (Å²) < 4.78 is 4.71. The van der Waals surface area contributed by atoms with E-state index in [1.54, 1.807) is 12.1 Å². The summed E-state index contributed by atoms with van der Waals surface area (Å²) in [6.07, 6.45) is 0. The SMILES string of the molecule is CCN(Cc1ccc(C(=O)OC)cc1)c1cccc(NC(C)=O)c1. The fraction of sp³-hybridized carbons (Fsp3) is 0.263. The lowest BCUT2D eigenvalue weighted by atomic mass is 10.1. The van der Waals surface area contributed by atoms with Crippen LogP contribution in [0, 0.1) is 0 Å². The predicted octanol–water partition coefficient (Wildman–Crippen LogP) is 3.46. The molecule has 5 nitrogen and oxygen atoms in total. The molecule has 0 heterocycles.